The lowest BCUT2D eigenvalue weighted by Gasteiger charge is -2.19. The highest BCUT2D eigenvalue weighted by molar-refractivity contribution is 5.71. The molecule has 102 valence electrons. The van der Waals surface area contributed by atoms with Crippen molar-refractivity contribution < 1.29 is 19.0 Å². The largest absolute Gasteiger partial charge is 0.458 e. The van der Waals surface area contributed by atoms with Gasteiger partial charge in [0.2, 0.25) is 0 Å². The smallest absolute Gasteiger partial charge is 0.332 e. The van der Waals surface area contributed by atoms with Gasteiger partial charge < -0.3 is 14.2 Å². The van der Waals surface area contributed by atoms with Gasteiger partial charge in [-0.25, -0.2) is 4.79 Å². The SMILES string of the molecule is CCC(C)COCCOCC(=O)OC(C)(C)C. The van der Waals surface area contributed by atoms with Gasteiger partial charge in [-0.2, -0.15) is 0 Å². The average Bonchev–Trinajstić information content (AvgIpc) is 2.20. The van der Waals surface area contributed by atoms with Gasteiger partial charge in [0, 0.05) is 6.61 Å². The molecule has 0 aromatic heterocycles. The Morgan fingerprint density at radius 3 is 2.29 bits per heavy atom. The Kier molecular flexibility index (Phi) is 8.17. The summed E-state index contributed by atoms with van der Waals surface area (Å²) in [6.45, 7) is 11.5. The summed E-state index contributed by atoms with van der Waals surface area (Å²) in [5, 5.41) is 0. The summed E-state index contributed by atoms with van der Waals surface area (Å²) in [4.78, 5) is 11.3. The minimum absolute atomic E-state index is 0.00996. The number of hydrogen-bond acceptors (Lipinski definition) is 4. The van der Waals surface area contributed by atoms with Crippen molar-refractivity contribution in [2.75, 3.05) is 26.4 Å². The van der Waals surface area contributed by atoms with E-state index in [0.29, 0.717) is 19.1 Å². The first-order valence-corrected chi connectivity index (χ1v) is 6.22. The van der Waals surface area contributed by atoms with Crippen LogP contribution in [0.15, 0.2) is 0 Å². The summed E-state index contributed by atoms with van der Waals surface area (Å²) in [5.74, 6) is 0.236. The molecule has 1 unspecified atom stereocenters. The van der Waals surface area contributed by atoms with Crippen LogP contribution in [0.5, 0.6) is 0 Å². The monoisotopic (exact) mass is 246 g/mol. The van der Waals surface area contributed by atoms with Crippen molar-refractivity contribution in [3.63, 3.8) is 0 Å². The van der Waals surface area contributed by atoms with E-state index in [1.54, 1.807) is 0 Å². The molecule has 0 saturated carbocycles. The van der Waals surface area contributed by atoms with Gasteiger partial charge in [-0.05, 0) is 26.7 Å². The molecule has 0 radical (unpaired) electrons. The quantitative estimate of drug-likeness (QED) is 0.487. The van der Waals surface area contributed by atoms with E-state index in [4.69, 9.17) is 14.2 Å². The van der Waals surface area contributed by atoms with Crippen LogP contribution >= 0.6 is 0 Å². The Balaban J connectivity index is 3.37. The third-order valence-corrected chi connectivity index (χ3v) is 2.11. The Bertz CT molecular complexity index is 208. The maximum absolute atomic E-state index is 11.3. The van der Waals surface area contributed by atoms with Crippen LogP contribution in [0.25, 0.3) is 0 Å². The van der Waals surface area contributed by atoms with Crippen LogP contribution in [0.2, 0.25) is 0 Å². The van der Waals surface area contributed by atoms with Crippen molar-refractivity contribution in [2.24, 2.45) is 5.92 Å². The fraction of sp³-hybridized carbons (Fsp3) is 0.923. The first-order chi connectivity index (χ1) is 7.85. The maximum atomic E-state index is 11.3. The summed E-state index contributed by atoms with van der Waals surface area (Å²) in [6.07, 6.45) is 1.11. The van der Waals surface area contributed by atoms with Crippen molar-refractivity contribution in [2.45, 2.75) is 46.6 Å². The highest BCUT2D eigenvalue weighted by Crippen LogP contribution is 2.06. The van der Waals surface area contributed by atoms with E-state index in [0.717, 1.165) is 13.0 Å². The van der Waals surface area contributed by atoms with Gasteiger partial charge in [-0.3, -0.25) is 0 Å². The second-order valence-corrected chi connectivity index (χ2v) is 5.23. The third kappa shape index (κ3) is 11.6. The van der Waals surface area contributed by atoms with E-state index in [9.17, 15) is 4.79 Å². The van der Waals surface area contributed by atoms with Crippen LogP contribution in [0.1, 0.15) is 41.0 Å². The molecule has 0 aromatic rings. The second-order valence-electron chi connectivity index (χ2n) is 5.23. The number of hydrogen-bond donors (Lipinski definition) is 0. The second kappa shape index (κ2) is 8.48. The average molecular weight is 246 g/mol. The molecule has 0 bridgehead atoms. The Hall–Kier alpha value is -0.610. The number of rotatable bonds is 8. The molecule has 0 saturated heterocycles. The third-order valence-electron chi connectivity index (χ3n) is 2.11. The molecule has 0 aromatic carbocycles. The molecule has 0 rings (SSSR count). The van der Waals surface area contributed by atoms with Crippen molar-refractivity contribution in [1.29, 1.82) is 0 Å². The Labute approximate surface area is 105 Å². The van der Waals surface area contributed by atoms with E-state index < -0.39 is 5.60 Å². The number of ether oxygens (including phenoxy) is 3. The zero-order valence-electron chi connectivity index (χ0n) is 11.7. The normalized spacial score (nSPS) is 13.5. The fourth-order valence-electron chi connectivity index (χ4n) is 1.05. The van der Waals surface area contributed by atoms with Crippen LogP contribution < -0.4 is 0 Å². The number of carbonyl (C=O) groups excluding carboxylic acids is 1. The van der Waals surface area contributed by atoms with E-state index >= 15 is 0 Å². The molecular weight excluding hydrogens is 220 g/mol. The fourth-order valence-corrected chi connectivity index (χ4v) is 1.05. The zero-order valence-corrected chi connectivity index (χ0v) is 11.7. The highest BCUT2D eigenvalue weighted by Gasteiger charge is 2.15. The van der Waals surface area contributed by atoms with Gasteiger partial charge in [0.15, 0.2) is 0 Å². The molecule has 0 amide bonds. The van der Waals surface area contributed by atoms with Gasteiger partial charge in [0.25, 0.3) is 0 Å². The van der Waals surface area contributed by atoms with Crippen LogP contribution in [0.3, 0.4) is 0 Å². The Morgan fingerprint density at radius 2 is 1.76 bits per heavy atom. The lowest BCUT2D eigenvalue weighted by Crippen LogP contribution is -2.27. The van der Waals surface area contributed by atoms with E-state index in [1.807, 2.05) is 20.8 Å². The summed E-state index contributed by atoms with van der Waals surface area (Å²) in [7, 11) is 0. The van der Waals surface area contributed by atoms with Crippen molar-refractivity contribution >= 4 is 5.97 Å². The molecule has 1 atom stereocenters. The summed E-state index contributed by atoms with van der Waals surface area (Å²) in [6, 6.07) is 0. The molecule has 17 heavy (non-hydrogen) atoms. The predicted octanol–water partition coefficient (Wildman–Crippen LogP) is 2.41. The van der Waals surface area contributed by atoms with Crippen LogP contribution in [0, 0.1) is 5.92 Å². The molecule has 0 heterocycles. The molecule has 0 fully saturated rings. The van der Waals surface area contributed by atoms with Crippen LogP contribution in [-0.2, 0) is 19.0 Å². The first-order valence-electron chi connectivity index (χ1n) is 6.22. The number of carbonyl (C=O) groups is 1. The van der Waals surface area contributed by atoms with Gasteiger partial charge in [-0.15, -0.1) is 0 Å². The lowest BCUT2D eigenvalue weighted by molar-refractivity contribution is -0.160. The molecule has 0 aliphatic rings. The van der Waals surface area contributed by atoms with E-state index in [2.05, 4.69) is 13.8 Å². The predicted molar refractivity (Wildman–Crippen MR) is 66.9 cm³/mol. The lowest BCUT2D eigenvalue weighted by atomic mass is 10.1. The van der Waals surface area contributed by atoms with Gasteiger partial charge in [0.05, 0.1) is 13.2 Å². The summed E-state index contributed by atoms with van der Waals surface area (Å²) >= 11 is 0. The molecular formula is C13H26O4. The molecule has 0 spiro atoms. The minimum Gasteiger partial charge on any atom is -0.458 e. The van der Waals surface area contributed by atoms with E-state index in [-0.39, 0.29) is 12.6 Å². The topological polar surface area (TPSA) is 44.8 Å². The molecule has 0 N–H and O–H groups in total. The first kappa shape index (κ1) is 16.4. The molecule has 0 aliphatic heterocycles. The number of esters is 1. The van der Waals surface area contributed by atoms with Crippen LogP contribution in [-0.4, -0.2) is 38.0 Å². The minimum atomic E-state index is -0.451. The molecule has 4 nitrogen and oxygen atoms in total. The van der Waals surface area contributed by atoms with Gasteiger partial charge in [0.1, 0.15) is 12.2 Å². The van der Waals surface area contributed by atoms with Gasteiger partial charge >= 0.3 is 5.97 Å². The van der Waals surface area contributed by atoms with E-state index in [1.165, 1.54) is 0 Å². The van der Waals surface area contributed by atoms with Crippen molar-refractivity contribution in [3.8, 4) is 0 Å². The summed E-state index contributed by atoms with van der Waals surface area (Å²) < 4.78 is 15.6. The van der Waals surface area contributed by atoms with Crippen molar-refractivity contribution in [3.05, 3.63) is 0 Å². The maximum Gasteiger partial charge on any atom is 0.332 e. The zero-order chi connectivity index (χ0) is 13.3. The van der Waals surface area contributed by atoms with Gasteiger partial charge in [-0.1, -0.05) is 20.3 Å². The molecule has 0 aliphatic carbocycles. The van der Waals surface area contributed by atoms with Crippen molar-refractivity contribution in [1.82, 2.24) is 0 Å². The standard InChI is InChI=1S/C13H26O4/c1-6-11(2)9-15-7-8-16-10-12(14)17-13(3,4)5/h11H,6-10H2,1-5H3. The Morgan fingerprint density at radius 1 is 1.18 bits per heavy atom. The molecule has 4 heteroatoms. The summed E-state index contributed by atoms with van der Waals surface area (Å²) in [5.41, 5.74) is -0.451. The highest BCUT2D eigenvalue weighted by atomic mass is 16.6. The van der Waals surface area contributed by atoms with Crippen LogP contribution in [0.4, 0.5) is 0 Å².